The van der Waals surface area contributed by atoms with Gasteiger partial charge in [-0.05, 0) is 53.6 Å². The van der Waals surface area contributed by atoms with E-state index in [4.69, 9.17) is 18.9 Å². The molecule has 0 bridgehead atoms. The van der Waals surface area contributed by atoms with E-state index in [0.717, 1.165) is 22.6 Å². The number of rotatable bonds is 18. The van der Waals surface area contributed by atoms with E-state index >= 15 is 0 Å². The van der Waals surface area contributed by atoms with Crippen LogP contribution in [-0.2, 0) is 22.6 Å². The van der Waals surface area contributed by atoms with Crippen LogP contribution < -0.4 is 20.1 Å². The molecule has 0 aliphatic carbocycles. The van der Waals surface area contributed by atoms with Crippen LogP contribution in [0.2, 0.25) is 0 Å². The van der Waals surface area contributed by atoms with Crippen LogP contribution in [0.15, 0.2) is 98.1 Å². The molecule has 0 aliphatic rings. The minimum absolute atomic E-state index is 0.264. The first kappa shape index (κ1) is 30.1. The molecule has 0 aromatic heterocycles. The lowest BCUT2D eigenvalue weighted by atomic mass is 10.1. The van der Waals surface area contributed by atoms with Gasteiger partial charge in [0.05, 0.1) is 26.4 Å². The van der Waals surface area contributed by atoms with E-state index in [1.54, 1.807) is 36.4 Å². The predicted molar refractivity (Wildman–Crippen MR) is 155 cm³/mol. The highest BCUT2D eigenvalue weighted by Crippen LogP contribution is 2.14. The molecular formula is C32H36N2O6. The van der Waals surface area contributed by atoms with Crippen LogP contribution in [0.1, 0.15) is 31.8 Å². The Morgan fingerprint density at radius 3 is 1.45 bits per heavy atom. The first-order valence-corrected chi connectivity index (χ1v) is 13.1. The number of carbonyl (C=O) groups is 2. The Balaban J connectivity index is 1.42. The molecule has 0 spiro atoms. The van der Waals surface area contributed by atoms with Crippen molar-refractivity contribution in [2.75, 3.05) is 39.6 Å². The van der Waals surface area contributed by atoms with Crippen LogP contribution in [0, 0.1) is 0 Å². The molecule has 210 valence electrons. The van der Waals surface area contributed by atoms with Crippen molar-refractivity contribution in [1.82, 2.24) is 10.6 Å². The minimum atomic E-state index is -0.264. The molecule has 0 heterocycles. The minimum Gasteiger partial charge on any atom is -0.491 e. The van der Waals surface area contributed by atoms with Crippen molar-refractivity contribution < 1.29 is 28.5 Å². The second-order valence-electron chi connectivity index (χ2n) is 8.66. The van der Waals surface area contributed by atoms with Gasteiger partial charge in [0.1, 0.15) is 24.7 Å². The van der Waals surface area contributed by atoms with E-state index in [1.807, 2.05) is 48.5 Å². The summed E-state index contributed by atoms with van der Waals surface area (Å²) in [5.74, 6) is 0.926. The van der Waals surface area contributed by atoms with Crippen molar-refractivity contribution in [3.63, 3.8) is 0 Å². The first-order valence-electron chi connectivity index (χ1n) is 13.1. The molecule has 8 heteroatoms. The largest absolute Gasteiger partial charge is 0.491 e. The van der Waals surface area contributed by atoms with Gasteiger partial charge in [0.25, 0.3) is 11.8 Å². The number of hydrogen-bond acceptors (Lipinski definition) is 6. The lowest BCUT2D eigenvalue weighted by molar-refractivity contribution is 0.0950. The zero-order valence-electron chi connectivity index (χ0n) is 22.6. The number of benzene rings is 3. The molecular weight excluding hydrogens is 508 g/mol. The fourth-order valence-corrected chi connectivity index (χ4v) is 3.55. The SMILES string of the molecule is C=CCOCCOc1ccc(CNC(=O)c2cccc(C(=O)NCc3ccc(OCCOCC=C)cc3)c2)cc1. The molecule has 0 unspecified atom stereocenters. The van der Waals surface area contributed by atoms with Gasteiger partial charge in [-0.15, -0.1) is 13.2 Å². The van der Waals surface area contributed by atoms with Gasteiger partial charge < -0.3 is 29.6 Å². The number of carbonyl (C=O) groups excluding carboxylic acids is 2. The molecule has 40 heavy (non-hydrogen) atoms. The molecule has 8 nitrogen and oxygen atoms in total. The van der Waals surface area contributed by atoms with Gasteiger partial charge in [-0.1, -0.05) is 42.5 Å². The van der Waals surface area contributed by atoms with Crippen molar-refractivity contribution in [3.8, 4) is 11.5 Å². The molecule has 0 saturated heterocycles. The highest BCUT2D eigenvalue weighted by atomic mass is 16.5. The summed E-state index contributed by atoms with van der Waals surface area (Å²) in [5.41, 5.74) is 2.67. The van der Waals surface area contributed by atoms with Crippen LogP contribution in [0.5, 0.6) is 11.5 Å². The van der Waals surface area contributed by atoms with Crippen LogP contribution in [0.3, 0.4) is 0 Å². The maximum absolute atomic E-state index is 12.7. The monoisotopic (exact) mass is 544 g/mol. The van der Waals surface area contributed by atoms with Crippen molar-refractivity contribution in [3.05, 3.63) is 120 Å². The van der Waals surface area contributed by atoms with Crippen LogP contribution >= 0.6 is 0 Å². The number of hydrogen-bond donors (Lipinski definition) is 2. The summed E-state index contributed by atoms with van der Waals surface area (Å²) in [6.45, 7) is 10.7. The van der Waals surface area contributed by atoms with E-state index in [-0.39, 0.29) is 11.8 Å². The molecule has 3 rings (SSSR count). The summed E-state index contributed by atoms with van der Waals surface area (Å²) in [6.07, 6.45) is 3.38. The fourth-order valence-electron chi connectivity index (χ4n) is 3.55. The summed E-state index contributed by atoms with van der Waals surface area (Å²) in [7, 11) is 0. The Bertz CT molecular complexity index is 1130. The number of nitrogens with one attached hydrogen (secondary N) is 2. The average molecular weight is 545 g/mol. The fraction of sp³-hybridized carbons (Fsp3) is 0.250. The van der Waals surface area contributed by atoms with Crippen molar-refractivity contribution in [1.29, 1.82) is 0 Å². The summed E-state index contributed by atoms with van der Waals surface area (Å²) in [5, 5.41) is 5.78. The van der Waals surface area contributed by atoms with Gasteiger partial charge in [0, 0.05) is 24.2 Å². The molecule has 0 saturated carbocycles. The zero-order chi connectivity index (χ0) is 28.4. The van der Waals surface area contributed by atoms with E-state index in [1.165, 1.54) is 0 Å². The summed E-state index contributed by atoms with van der Waals surface area (Å²) in [6, 6.07) is 21.6. The molecule has 0 radical (unpaired) electrons. The second-order valence-corrected chi connectivity index (χ2v) is 8.66. The van der Waals surface area contributed by atoms with Gasteiger partial charge in [-0.3, -0.25) is 9.59 Å². The van der Waals surface area contributed by atoms with Gasteiger partial charge >= 0.3 is 0 Å². The van der Waals surface area contributed by atoms with E-state index in [2.05, 4.69) is 23.8 Å². The molecule has 3 aromatic rings. The zero-order valence-corrected chi connectivity index (χ0v) is 22.6. The Morgan fingerprint density at radius 2 is 1.05 bits per heavy atom. The van der Waals surface area contributed by atoms with Crippen LogP contribution in [-0.4, -0.2) is 51.5 Å². The molecule has 0 fully saturated rings. The Morgan fingerprint density at radius 1 is 0.625 bits per heavy atom. The highest BCUT2D eigenvalue weighted by molar-refractivity contribution is 5.99. The lowest BCUT2D eigenvalue weighted by Gasteiger charge is -2.10. The first-order chi connectivity index (χ1) is 19.6. The predicted octanol–water partition coefficient (Wildman–Crippen LogP) is 4.71. The quantitative estimate of drug-likeness (QED) is 0.178. The van der Waals surface area contributed by atoms with Crippen molar-refractivity contribution in [2.45, 2.75) is 13.1 Å². The maximum Gasteiger partial charge on any atom is 0.251 e. The molecule has 3 aromatic carbocycles. The van der Waals surface area contributed by atoms with Gasteiger partial charge in [0.2, 0.25) is 0 Å². The van der Waals surface area contributed by atoms with E-state index < -0.39 is 0 Å². The maximum atomic E-state index is 12.7. The second kappa shape index (κ2) is 17.2. The Hall–Kier alpha value is -4.40. The molecule has 2 amide bonds. The van der Waals surface area contributed by atoms with Crippen LogP contribution in [0.4, 0.5) is 0 Å². The summed E-state index contributed by atoms with van der Waals surface area (Å²) in [4.78, 5) is 25.4. The molecule has 0 atom stereocenters. The highest BCUT2D eigenvalue weighted by Gasteiger charge is 2.11. The van der Waals surface area contributed by atoms with Gasteiger partial charge in [0.15, 0.2) is 0 Å². The van der Waals surface area contributed by atoms with Gasteiger partial charge in [-0.25, -0.2) is 0 Å². The van der Waals surface area contributed by atoms with Crippen molar-refractivity contribution >= 4 is 11.8 Å². The Kier molecular flexibility index (Phi) is 13.0. The summed E-state index contributed by atoms with van der Waals surface area (Å²) < 4.78 is 21.8. The Labute approximate surface area is 235 Å². The van der Waals surface area contributed by atoms with Crippen molar-refractivity contribution in [2.24, 2.45) is 0 Å². The number of ether oxygens (including phenoxy) is 4. The average Bonchev–Trinajstić information content (AvgIpc) is 2.99. The number of amides is 2. The topological polar surface area (TPSA) is 95.1 Å². The van der Waals surface area contributed by atoms with Gasteiger partial charge in [-0.2, -0.15) is 0 Å². The van der Waals surface area contributed by atoms with Crippen LogP contribution in [0.25, 0.3) is 0 Å². The third kappa shape index (κ3) is 10.8. The molecule has 2 N–H and O–H groups in total. The summed E-state index contributed by atoms with van der Waals surface area (Å²) >= 11 is 0. The standard InChI is InChI=1S/C32H36N2O6/c1-3-16-37-18-20-39-29-12-8-25(9-13-29)23-33-31(35)27-6-5-7-28(22-27)32(36)34-24-26-10-14-30(15-11-26)40-21-19-38-17-4-2/h3-15,22H,1-2,16-21,23-24H2,(H,33,35)(H,34,36). The van der Waals surface area contributed by atoms with E-state index in [9.17, 15) is 9.59 Å². The lowest BCUT2D eigenvalue weighted by Crippen LogP contribution is -2.25. The normalized spacial score (nSPS) is 10.4. The molecule has 0 aliphatic heterocycles. The smallest absolute Gasteiger partial charge is 0.251 e. The third-order valence-electron chi connectivity index (χ3n) is 5.60. The third-order valence-corrected chi connectivity index (χ3v) is 5.60. The van der Waals surface area contributed by atoms with E-state index in [0.29, 0.717) is 63.9 Å².